The van der Waals surface area contributed by atoms with Gasteiger partial charge in [-0.1, -0.05) is 60.7 Å². The Kier molecular flexibility index (Phi) is 4.84. The molecule has 0 bridgehead atoms. The van der Waals surface area contributed by atoms with E-state index in [0.29, 0.717) is 5.88 Å². The summed E-state index contributed by atoms with van der Waals surface area (Å²) in [5.41, 5.74) is 3.02. The molecule has 0 atom stereocenters. The molecule has 0 spiro atoms. The molecule has 0 saturated heterocycles. The molecule has 3 nitrogen and oxygen atoms in total. The Labute approximate surface area is 158 Å². The minimum absolute atomic E-state index is 0.562. The van der Waals surface area contributed by atoms with Crippen LogP contribution in [0.15, 0.2) is 84.9 Å². The second-order valence-electron chi connectivity index (χ2n) is 6.09. The van der Waals surface area contributed by atoms with Crippen molar-refractivity contribution in [2.45, 2.75) is 0 Å². The first-order valence-electron chi connectivity index (χ1n) is 8.77. The van der Waals surface area contributed by atoms with Crippen molar-refractivity contribution in [3.8, 4) is 17.4 Å². The summed E-state index contributed by atoms with van der Waals surface area (Å²) < 4.78 is 11.3. The van der Waals surface area contributed by atoms with Gasteiger partial charge in [0.2, 0.25) is 5.88 Å². The van der Waals surface area contributed by atoms with Crippen molar-refractivity contribution in [2.24, 2.45) is 0 Å². The lowest BCUT2D eigenvalue weighted by Gasteiger charge is -2.10. The summed E-state index contributed by atoms with van der Waals surface area (Å²) in [7, 11) is 1.67. The molecular weight excluding hydrogens is 334 g/mol. The Morgan fingerprint density at radius 3 is 2.22 bits per heavy atom. The summed E-state index contributed by atoms with van der Waals surface area (Å²) in [5.74, 6) is 2.12. The van der Waals surface area contributed by atoms with Crippen LogP contribution < -0.4 is 9.47 Å². The molecule has 0 aliphatic heterocycles. The van der Waals surface area contributed by atoms with E-state index in [-0.39, 0.29) is 0 Å². The molecule has 4 aromatic rings. The zero-order valence-corrected chi connectivity index (χ0v) is 15.0. The Bertz CT molecular complexity index is 1070. The molecule has 132 valence electrons. The van der Waals surface area contributed by atoms with Gasteiger partial charge in [-0.05, 0) is 41.5 Å². The van der Waals surface area contributed by atoms with Crippen molar-refractivity contribution < 1.29 is 9.47 Å². The number of ether oxygens (including phenoxy) is 2. The highest BCUT2D eigenvalue weighted by molar-refractivity contribution is 5.92. The number of rotatable bonds is 5. The highest BCUT2D eigenvalue weighted by atomic mass is 16.5. The van der Waals surface area contributed by atoms with Crippen LogP contribution in [0.3, 0.4) is 0 Å². The number of aromatic nitrogens is 1. The van der Waals surface area contributed by atoms with Crippen LogP contribution >= 0.6 is 0 Å². The fraction of sp³-hybridized carbons (Fsp3) is 0.0417. The van der Waals surface area contributed by atoms with Crippen LogP contribution in [0.4, 0.5) is 0 Å². The minimum Gasteiger partial charge on any atom is -0.497 e. The summed E-state index contributed by atoms with van der Waals surface area (Å²) in [6.45, 7) is 0. The van der Waals surface area contributed by atoms with Crippen LogP contribution in [0.1, 0.15) is 11.1 Å². The number of methoxy groups -OCH3 is 1. The van der Waals surface area contributed by atoms with Gasteiger partial charge < -0.3 is 9.47 Å². The average molecular weight is 353 g/mol. The normalized spacial score (nSPS) is 11.0. The van der Waals surface area contributed by atoms with Gasteiger partial charge in [0.1, 0.15) is 11.5 Å². The Balaban J connectivity index is 1.78. The van der Waals surface area contributed by atoms with Gasteiger partial charge in [-0.25, -0.2) is 4.98 Å². The summed E-state index contributed by atoms with van der Waals surface area (Å²) in [4.78, 5) is 4.65. The first-order valence-corrected chi connectivity index (χ1v) is 8.77. The van der Waals surface area contributed by atoms with Crippen molar-refractivity contribution >= 4 is 23.1 Å². The van der Waals surface area contributed by atoms with E-state index in [1.807, 2.05) is 72.8 Å². The number of nitrogens with zero attached hydrogens (tertiary/aromatic N) is 1. The molecule has 0 saturated carbocycles. The lowest BCUT2D eigenvalue weighted by Crippen LogP contribution is -1.92. The molecule has 1 heterocycles. The molecule has 1 aromatic heterocycles. The number of pyridine rings is 1. The van der Waals surface area contributed by atoms with Crippen LogP contribution in [-0.2, 0) is 0 Å². The van der Waals surface area contributed by atoms with E-state index in [9.17, 15) is 0 Å². The number of para-hydroxylation sites is 1. The second-order valence-corrected chi connectivity index (χ2v) is 6.09. The second kappa shape index (κ2) is 7.75. The molecular formula is C24H19NO2. The first kappa shape index (κ1) is 16.9. The Morgan fingerprint density at radius 1 is 0.741 bits per heavy atom. The monoisotopic (exact) mass is 353 g/mol. The molecule has 0 N–H and O–H groups in total. The summed E-state index contributed by atoms with van der Waals surface area (Å²) in [5, 5.41) is 1.02. The van der Waals surface area contributed by atoms with Crippen molar-refractivity contribution in [2.75, 3.05) is 7.11 Å². The van der Waals surface area contributed by atoms with E-state index in [4.69, 9.17) is 9.47 Å². The quantitative estimate of drug-likeness (QED) is 0.428. The van der Waals surface area contributed by atoms with Gasteiger partial charge in [-0.15, -0.1) is 0 Å². The zero-order valence-electron chi connectivity index (χ0n) is 15.0. The van der Waals surface area contributed by atoms with E-state index in [2.05, 4.69) is 29.3 Å². The molecule has 0 aliphatic carbocycles. The molecule has 3 aromatic carbocycles. The third-order valence-corrected chi connectivity index (χ3v) is 4.24. The minimum atomic E-state index is 0.562. The van der Waals surface area contributed by atoms with Gasteiger partial charge in [0.05, 0.1) is 12.6 Å². The Morgan fingerprint density at radius 2 is 1.48 bits per heavy atom. The van der Waals surface area contributed by atoms with E-state index in [1.54, 1.807) is 7.11 Å². The van der Waals surface area contributed by atoms with E-state index >= 15 is 0 Å². The average Bonchev–Trinajstić information content (AvgIpc) is 2.73. The Hall–Kier alpha value is -3.59. The van der Waals surface area contributed by atoms with Gasteiger partial charge in [-0.3, -0.25) is 0 Å². The number of hydrogen-bond donors (Lipinski definition) is 0. The SMILES string of the molecule is COc1ccc2nc(Oc3ccccc3)cc(C=Cc3ccccc3)c2c1. The number of hydrogen-bond acceptors (Lipinski definition) is 3. The lowest BCUT2D eigenvalue weighted by molar-refractivity contribution is 0.415. The van der Waals surface area contributed by atoms with Crippen LogP contribution in [-0.4, -0.2) is 12.1 Å². The molecule has 0 fully saturated rings. The van der Waals surface area contributed by atoms with Gasteiger partial charge in [0.25, 0.3) is 0 Å². The lowest BCUT2D eigenvalue weighted by atomic mass is 10.1. The van der Waals surface area contributed by atoms with Gasteiger partial charge >= 0.3 is 0 Å². The van der Waals surface area contributed by atoms with Crippen molar-refractivity contribution in [1.29, 1.82) is 0 Å². The predicted octanol–water partition coefficient (Wildman–Crippen LogP) is 6.21. The van der Waals surface area contributed by atoms with Crippen molar-refractivity contribution in [1.82, 2.24) is 4.98 Å². The highest BCUT2D eigenvalue weighted by Crippen LogP contribution is 2.29. The molecule has 4 rings (SSSR count). The van der Waals surface area contributed by atoms with Crippen molar-refractivity contribution in [3.05, 3.63) is 96.1 Å². The van der Waals surface area contributed by atoms with Crippen LogP contribution in [0.25, 0.3) is 23.1 Å². The summed E-state index contributed by atoms with van der Waals surface area (Å²) in [6, 6.07) is 27.7. The third kappa shape index (κ3) is 3.98. The summed E-state index contributed by atoms with van der Waals surface area (Å²) in [6.07, 6.45) is 4.16. The van der Waals surface area contributed by atoms with Crippen LogP contribution in [0.5, 0.6) is 17.4 Å². The maximum Gasteiger partial charge on any atom is 0.220 e. The van der Waals surface area contributed by atoms with Crippen molar-refractivity contribution in [3.63, 3.8) is 0 Å². The predicted molar refractivity (Wildman–Crippen MR) is 110 cm³/mol. The van der Waals surface area contributed by atoms with Gasteiger partial charge in [0, 0.05) is 11.5 Å². The molecule has 0 aliphatic rings. The molecule has 0 amide bonds. The van der Waals surface area contributed by atoms with Crippen LogP contribution in [0, 0.1) is 0 Å². The molecule has 0 radical (unpaired) electrons. The highest BCUT2D eigenvalue weighted by Gasteiger charge is 2.07. The maximum atomic E-state index is 5.96. The largest absolute Gasteiger partial charge is 0.497 e. The van der Waals surface area contributed by atoms with Crippen LogP contribution in [0.2, 0.25) is 0 Å². The standard InChI is InChI=1S/C24H19NO2/c1-26-21-14-15-23-22(17-21)19(13-12-18-8-4-2-5-9-18)16-24(25-23)27-20-10-6-3-7-11-20/h2-17H,1H3. The van der Waals surface area contributed by atoms with E-state index in [1.165, 1.54) is 0 Å². The van der Waals surface area contributed by atoms with Gasteiger partial charge in [0.15, 0.2) is 0 Å². The van der Waals surface area contributed by atoms with E-state index < -0.39 is 0 Å². The van der Waals surface area contributed by atoms with Gasteiger partial charge in [-0.2, -0.15) is 0 Å². The smallest absolute Gasteiger partial charge is 0.220 e. The fourth-order valence-corrected chi connectivity index (χ4v) is 2.88. The zero-order chi connectivity index (χ0) is 18.5. The summed E-state index contributed by atoms with van der Waals surface area (Å²) >= 11 is 0. The number of fused-ring (bicyclic) bond motifs is 1. The number of benzene rings is 3. The fourth-order valence-electron chi connectivity index (χ4n) is 2.88. The maximum absolute atomic E-state index is 5.96. The molecule has 0 unspecified atom stereocenters. The molecule has 3 heteroatoms. The van der Waals surface area contributed by atoms with E-state index in [0.717, 1.165) is 33.5 Å². The topological polar surface area (TPSA) is 31.4 Å². The third-order valence-electron chi connectivity index (χ3n) is 4.24. The molecule has 27 heavy (non-hydrogen) atoms. The first-order chi connectivity index (χ1) is 13.3.